The molecular formula is C16H12BrCl3N2O2S2. The highest BCUT2D eigenvalue weighted by atomic mass is 79.9. The van der Waals surface area contributed by atoms with E-state index in [-0.39, 0.29) is 26.9 Å². The van der Waals surface area contributed by atoms with Gasteiger partial charge in [-0.25, -0.2) is 13.4 Å². The molecule has 0 aliphatic carbocycles. The van der Waals surface area contributed by atoms with E-state index in [2.05, 4.69) is 4.99 Å². The van der Waals surface area contributed by atoms with Crippen molar-refractivity contribution >= 4 is 76.9 Å². The molecule has 26 heavy (non-hydrogen) atoms. The van der Waals surface area contributed by atoms with Crippen molar-refractivity contribution in [1.82, 2.24) is 4.57 Å². The number of thiazole rings is 1. The Kier molecular flexibility index (Phi) is 6.98. The van der Waals surface area contributed by atoms with Crippen molar-refractivity contribution in [3.05, 3.63) is 62.7 Å². The summed E-state index contributed by atoms with van der Waals surface area (Å²) in [5.41, 5.74) is 2.25. The summed E-state index contributed by atoms with van der Waals surface area (Å²) in [4.78, 5) is 5.21. The quantitative estimate of drug-likeness (QED) is 0.415. The molecule has 0 fully saturated rings. The van der Waals surface area contributed by atoms with E-state index in [0.717, 1.165) is 16.2 Å². The van der Waals surface area contributed by atoms with E-state index in [0.29, 0.717) is 10.6 Å². The lowest BCUT2D eigenvalue weighted by molar-refractivity contribution is 0.609. The van der Waals surface area contributed by atoms with E-state index in [1.54, 1.807) is 18.2 Å². The Morgan fingerprint density at radius 1 is 1.08 bits per heavy atom. The zero-order chi connectivity index (χ0) is 18.2. The number of hydrogen-bond donors (Lipinski definition) is 0. The third-order valence-corrected chi connectivity index (χ3v) is 6.44. The minimum Gasteiger partial charge on any atom is -0.320 e. The highest BCUT2D eigenvalue weighted by Crippen LogP contribution is 2.30. The average molecular weight is 515 g/mol. The van der Waals surface area contributed by atoms with E-state index in [1.165, 1.54) is 23.5 Å². The number of halogens is 4. The number of aromatic nitrogens is 1. The molecule has 10 heteroatoms. The maximum absolute atomic E-state index is 11.6. The maximum Gasteiger partial charge on any atom is 0.262 e. The maximum atomic E-state index is 11.6. The largest absolute Gasteiger partial charge is 0.320 e. The molecule has 3 rings (SSSR count). The predicted molar refractivity (Wildman–Crippen MR) is 114 cm³/mol. The Hall–Kier alpha value is -0.830. The molecular weight excluding hydrogens is 503 g/mol. The summed E-state index contributed by atoms with van der Waals surface area (Å²) >= 11 is 13.3. The fourth-order valence-electron chi connectivity index (χ4n) is 2.21. The second-order valence-corrected chi connectivity index (χ2v) is 9.35. The van der Waals surface area contributed by atoms with Crippen LogP contribution in [-0.4, -0.2) is 13.0 Å². The molecule has 0 unspecified atom stereocenters. The Labute approximate surface area is 179 Å². The van der Waals surface area contributed by atoms with Gasteiger partial charge in [0.15, 0.2) is 4.80 Å². The van der Waals surface area contributed by atoms with E-state index in [4.69, 9.17) is 33.9 Å². The summed E-state index contributed by atoms with van der Waals surface area (Å²) in [6, 6.07) is 11.9. The minimum atomic E-state index is -3.92. The van der Waals surface area contributed by atoms with E-state index >= 15 is 0 Å². The first-order valence-electron chi connectivity index (χ1n) is 6.95. The van der Waals surface area contributed by atoms with Crippen LogP contribution >= 0.6 is 62.2 Å². The van der Waals surface area contributed by atoms with Crippen molar-refractivity contribution in [2.45, 2.75) is 4.90 Å². The molecule has 2 aromatic carbocycles. The van der Waals surface area contributed by atoms with Gasteiger partial charge in [-0.15, -0.1) is 28.3 Å². The molecule has 0 bridgehead atoms. The molecule has 0 radical (unpaired) electrons. The van der Waals surface area contributed by atoms with Crippen LogP contribution < -0.4 is 4.80 Å². The average Bonchev–Trinajstić information content (AvgIpc) is 2.90. The smallest absolute Gasteiger partial charge is 0.262 e. The summed E-state index contributed by atoms with van der Waals surface area (Å²) in [7, 11) is 3.37. The fraction of sp³-hybridized carbons (Fsp3) is 0.0625. The molecule has 3 aromatic rings. The first-order chi connectivity index (χ1) is 11.8. The molecule has 4 nitrogen and oxygen atoms in total. The summed E-state index contributed by atoms with van der Waals surface area (Å²) in [6.45, 7) is 0. The van der Waals surface area contributed by atoms with E-state index in [1.807, 2.05) is 29.1 Å². The Balaban J connectivity index is 0.00000243. The topological polar surface area (TPSA) is 51.4 Å². The van der Waals surface area contributed by atoms with Gasteiger partial charge in [0.1, 0.15) is 4.90 Å². The molecule has 0 saturated heterocycles. The lowest BCUT2D eigenvalue weighted by Crippen LogP contribution is -2.11. The van der Waals surface area contributed by atoms with Gasteiger partial charge in [0, 0.05) is 33.7 Å². The van der Waals surface area contributed by atoms with Gasteiger partial charge in [-0.1, -0.05) is 29.3 Å². The van der Waals surface area contributed by atoms with Crippen LogP contribution in [0.2, 0.25) is 10.0 Å². The van der Waals surface area contributed by atoms with Crippen molar-refractivity contribution in [2.75, 3.05) is 0 Å². The molecule has 1 aromatic heterocycles. The van der Waals surface area contributed by atoms with E-state index in [9.17, 15) is 8.42 Å². The SMILES string of the molecule is Br.Cn1c(-c2ccc(Cl)c(S(=O)(=O)Cl)c2)csc1=Nc1ccc(Cl)cc1. The molecule has 0 spiro atoms. The van der Waals surface area contributed by atoms with Gasteiger partial charge in [0.05, 0.1) is 16.4 Å². The molecule has 0 saturated carbocycles. The van der Waals surface area contributed by atoms with Crippen LogP contribution in [-0.2, 0) is 16.1 Å². The normalized spacial score (nSPS) is 12.1. The van der Waals surface area contributed by atoms with Gasteiger partial charge in [-0.05, 0) is 36.4 Å². The molecule has 138 valence electrons. The molecule has 0 atom stereocenters. The van der Waals surface area contributed by atoms with Crippen molar-refractivity contribution in [3.63, 3.8) is 0 Å². The summed E-state index contributed by atoms with van der Waals surface area (Å²) < 4.78 is 25.2. The van der Waals surface area contributed by atoms with Crippen LogP contribution in [0.15, 0.2) is 57.7 Å². The van der Waals surface area contributed by atoms with Crippen LogP contribution in [0.25, 0.3) is 11.3 Å². The van der Waals surface area contributed by atoms with Gasteiger partial charge < -0.3 is 4.57 Å². The van der Waals surface area contributed by atoms with Crippen molar-refractivity contribution in [3.8, 4) is 11.3 Å². The van der Waals surface area contributed by atoms with Crippen LogP contribution in [0.4, 0.5) is 5.69 Å². The number of benzene rings is 2. The summed E-state index contributed by atoms with van der Waals surface area (Å²) in [6.07, 6.45) is 0. The number of rotatable bonds is 3. The predicted octanol–water partition coefficient (Wildman–Crippen LogP) is 5.80. The second-order valence-electron chi connectivity index (χ2n) is 5.13. The lowest BCUT2D eigenvalue weighted by atomic mass is 10.2. The molecule has 0 aliphatic rings. The fourth-order valence-corrected chi connectivity index (χ4v) is 4.75. The highest BCUT2D eigenvalue weighted by Gasteiger charge is 2.17. The van der Waals surface area contributed by atoms with Gasteiger partial charge in [-0.2, -0.15) is 0 Å². The van der Waals surface area contributed by atoms with Gasteiger partial charge in [0.25, 0.3) is 9.05 Å². The van der Waals surface area contributed by atoms with Crippen molar-refractivity contribution in [1.29, 1.82) is 0 Å². The Morgan fingerprint density at radius 2 is 1.73 bits per heavy atom. The number of nitrogens with zero attached hydrogens (tertiary/aromatic N) is 2. The van der Waals surface area contributed by atoms with Crippen LogP contribution in [0.3, 0.4) is 0 Å². The Morgan fingerprint density at radius 3 is 2.35 bits per heavy atom. The summed E-state index contributed by atoms with van der Waals surface area (Å²) in [5, 5.41) is 2.62. The van der Waals surface area contributed by atoms with Gasteiger partial charge in [0.2, 0.25) is 0 Å². The zero-order valence-electron chi connectivity index (χ0n) is 13.2. The van der Waals surface area contributed by atoms with Crippen LogP contribution in [0.5, 0.6) is 0 Å². The lowest BCUT2D eigenvalue weighted by Gasteiger charge is -2.06. The molecule has 1 heterocycles. The molecule has 0 amide bonds. The van der Waals surface area contributed by atoms with Crippen molar-refractivity contribution < 1.29 is 8.42 Å². The zero-order valence-corrected chi connectivity index (χ0v) is 18.8. The van der Waals surface area contributed by atoms with Crippen molar-refractivity contribution in [2.24, 2.45) is 12.0 Å². The number of hydrogen-bond acceptors (Lipinski definition) is 4. The third-order valence-electron chi connectivity index (χ3n) is 3.47. The third kappa shape index (κ3) is 4.71. The van der Waals surface area contributed by atoms with Crippen LogP contribution in [0.1, 0.15) is 0 Å². The monoisotopic (exact) mass is 512 g/mol. The summed E-state index contributed by atoms with van der Waals surface area (Å²) in [5.74, 6) is 0. The first-order valence-corrected chi connectivity index (χ1v) is 10.9. The molecule has 0 aliphatic heterocycles. The van der Waals surface area contributed by atoms with Gasteiger partial charge >= 0.3 is 0 Å². The first kappa shape index (κ1) is 21.5. The highest BCUT2D eigenvalue weighted by molar-refractivity contribution is 8.93. The Bertz CT molecular complexity index is 1110. The minimum absolute atomic E-state index is 0. The standard InChI is InChI=1S/C16H11Cl3N2O2S2.BrH/c1-21-14(10-2-7-13(18)15(8-10)25(19,22)23)9-24-16(21)20-12-5-3-11(17)4-6-12;/h2-9H,1H3;1H. The van der Waals surface area contributed by atoms with E-state index < -0.39 is 9.05 Å². The second kappa shape index (κ2) is 8.46. The van der Waals surface area contributed by atoms with Gasteiger partial charge in [-0.3, -0.25) is 0 Å². The molecule has 0 N–H and O–H groups in total. The van der Waals surface area contributed by atoms with Crippen LogP contribution in [0, 0.1) is 0 Å².